The second kappa shape index (κ2) is 5.92. The Hall–Kier alpha value is -0.470. The molecule has 17 heavy (non-hydrogen) atoms. The summed E-state index contributed by atoms with van der Waals surface area (Å²) in [5.74, 6) is 3.58. The molecular formula is C15H23NS. The van der Waals surface area contributed by atoms with Crippen LogP contribution in [0.3, 0.4) is 0 Å². The number of benzene rings is 1. The molecule has 0 saturated carbocycles. The molecule has 1 N–H and O–H groups in total. The Morgan fingerprint density at radius 2 is 2.12 bits per heavy atom. The van der Waals surface area contributed by atoms with Gasteiger partial charge in [-0.2, -0.15) is 0 Å². The van der Waals surface area contributed by atoms with Crippen molar-refractivity contribution in [3.8, 4) is 0 Å². The predicted molar refractivity (Wildman–Crippen MR) is 76.8 cm³/mol. The van der Waals surface area contributed by atoms with Crippen molar-refractivity contribution in [1.29, 1.82) is 0 Å². The van der Waals surface area contributed by atoms with Crippen LogP contribution in [0.4, 0.5) is 0 Å². The number of fused-ring (bicyclic) bond motifs is 1. The van der Waals surface area contributed by atoms with Gasteiger partial charge in [0.2, 0.25) is 0 Å². The summed E-state index contributed by atoms with van der Waals surface area (Å²) in [6, 6.07) is 8.92. The molecule has 0 fully saturated rings. The molecule has 0 aliphatic carbocycles. The standard InChI is InChI=1S/C15H23NS/c1-11(2)12(9-16-3)8-13-10-17-15-7-5-4-6-14(13)15/h4-7,11-13,16H,8-10H2,1-3H3. The fourth-order valence-electron chi connectivity index (χ4n) is 2.64. The molecule has 0 radical (unpaired) electrons. The Morgan fingerprint density at radius 3 is 2.82 bits per heavy atom. The SMILES string of the molecule is CNCC(CC1CSc2ccccc21)C(C)C. The average Bonchev–Trinajstić information content (AvgIpc) is 2.72. The normalized spacial score (nSPS) is 20.6. The van der Waals surface area contributed by atoms with Crippen molar-refractivity contribution in [2.45, 2.75) is 31.1 Å². The molecule has 1 aromatic carbocycles. The first-order valence-corrected chi connectivity index (χ1v) is 7.57. The highest BCUT2D eigenvalue weighted by Crippen LogP contribution is 2.43. The third kappa shape index (κ3) is 3.05. The van der Waals surface area contributed by atoms with Gasteiger partial charge >= 0.3 is 0 Å². The third-order valence-corrected chi connectivity index (χ3v) is 5.05. The molecular weight excluding hydrogens is 226 g/mol. The fraction of sp³-hybridized carbons (Fsp3) is 0.600. The van der Waals surface area contributed by atoms with Crippen LogP contribution in [-0.4, -0.2) is 19.3 Å². The van der Waals surface area contributed by atoms with E-state index in [9.17, 15) is 0 Å². The number of rotatable bonds is 5. The maximum absolute atomic E-state index is 3.34. The largest absolute Gasteiger partial charge is 0.319 e. The van der Waals surface area contributed by atoms with Gasteiger partial charge in [-0.15, -0.1) is 11.8 Å². The molecule has 2 atom stereocenters. The van der Waals surface area contributed by atoms with E-state index in [-0.39, 0.29) is 0 Å². The van der Waals surface area contributed by atoms with Gasteiger partial charge in [-0.25, -0.2) is 0 Å². The summed E-state index contributed by atoms with van der Waals surface area (Å²) in [5, 5.41) is 3.34. The van der Waals surface area contributed by atoms with Gasteiger partial charge in [-0.05, 0) is 49.4 Å². The van der Waals surface area contributed by atoms with Crippen LogP contribution in [-0.2, 0) is 0 Å². The summed E-state index contributed by atoms with van der Waals surface area (Å²) in [6.45, 7) is 5.83. The second-order valence-corrected chi connectivity index (χ2v) is 6.41. The molecule has 0 spiro atoms. The molecule has 2 rings (SSSR count). The van der Waals surface area contributed by atoms with Gasteiger partial charge in [0, 0.05) is 10.6 Å². The molecule has 0 bridgehead atoms. The van der Waals surface area contributed by atoms with Crippen LogP contribution >= 0.6 is 11.8 Å². The van der Waals surface area contributed by atoms with E-state index in [0.717, 1.165) is 24.3 Å². The van der Waals surface area contributed by atoms with Crippen LogP contribution in [0.15, 0.2) is 29.2 Å². The van der Waals surface area contributed by atoms with E-state index >= 15 is 0 Å². The van der Waals surface area contributed by atoms with Crippen molar-refractivity contribution in [3.63, 3.8) is 0 Å². The van der Waals surface area contributed by atoms with Gasteiger partial charge in [0.15, 0.2) is 0 Å². The number of hydrogen-bond acceptors (Lipinski definition) is 2. The van der Waals surface area contributed by atoms with Crippen LogP contribution in [0.2, 0.25) is 0 Å². The Kier molecular flexibility index (Phi) is 4.52. The van der Waals surface area contributed by atoms with Crippen LogP contribution in [0.1, 0.15) is 31.7 Å². The zero-order chi connectivity index (χ0) is 12.3. The summed E-state index contributed by atoms with van der Waals surface area (Å²) in [6.07, 6.45) is 1.32. The van der Waals surface area contributed by atoms with Gasteiger partial charge in [0.05, 0.1) is 0 Å². The molecule has 0 aromatic heterocycles. The number of thioether (sulfide) groups is 1. The molecule has 1 nitrogen and oxygen atoms in total. The molecule has 1 aromatic rings. The van der Waals surface area contributed by atoms with Crippen molar-refractivity contribution in [3.05, 3.63) is 29.8 Å². The minimum Gasteiger partial charge on any atom is -0.319 e. The third-order valence-electron chi connectivity index (χ3n) is 3.80. The lowest BCUT2D eigenvalue weighted by molar-refractivity contribution is 0.332. The number of nitrogens with one attached hydrogen (secondary N) is 1. The highest BCUT2D eigenvalue weighted by Gasteiger charge is 2.26. The first kappa shape index (κ1) is 13.0. The van der Waals surface area contributed by atoms with E-state index in [0.29, 0.717) is 0 Å². The maximum Gasteiger partial charge on any atom is 0.0107 e. The molecule has 0 saturated heterocycles. The lowest BCUT2D eigenvalue weighted by Gasteiger charge is -2.24. The Morgan fingerprint density at radius 1 is 1.35 bits per heavy atom. The number of hydrogen-bond donors (Lipinski definition) is 1. The predicted octanol–water partition coefficient (Wildman–Crippen LogP) is 3.76. The summed E-state index contributed by atoms with van der Waals surface area (Å²) in [5.41, 5.74) is 1.58. The summed E-state index contributed by atoms with van der Waals surface area (Å²) < 4.78 is 0. The first-order valence-electron chi connectivity index (χ1n) is 6.58. The smallest absolute Gasteiger partial charge is 0.0107 e. The minimum atomic E-state index is 0.761. The Bertz CT molecular complexity index is 362. The van der Waals surface area contributed by atoms with Crippen molar-refractivity contribution in [2.75, 3.05) is 19.3 Å². The lowest BCUT2D eigenvalue weighted by Crippen LogP contribution is -2.25. The van der Waals surface area contributed by atoms with E-state index in [1.165, 1.54) is 17.1 Å². The zero-order valence-electron chi connectivity index (χ0n) is 11.1. The average molecular weight is 249 g/mol. The fourth-order valence-corrected chi connectivity index (χ4v) is 3.92. The van der Waals surface area contributed by atoms with Gasteiger partial charge < -0.3 is 5.32 Å². The highest BCUT2D eigenvalue weighted by molar-refractivity contribution is 7.99. The first-order chi connectivity index (χ1) is 8.22. The summed E-state index contributed by atoms with van der Waals surface area (Å²) in [4.78, 5) is 1.50. The van der Waals surface area contributed by atoms with Crippen molar-refractivity contribution in [1.82, 2.24) is 5.32 Å². The minimum absolute atomic E-state index is 0.761. The van der Waals surface area contributed by atoms with E-state index in [1.807, 2.05) is 11.8 Å². The molecule has 94 valence electrons. The topological polar surface area (TPSA) is 12.0 Å². The van der Waals surface area contributed by atoms with E-state index in [4.69, 9.17) is 0 Å². The van der Waals surface area contributed by atoms with Crippen LogP contribution in [0, 0.1) is 11.8 Å². The highest BCUT2D eigenvalue weighted by atomic mass is 32.2. The van der Waals surface area contributed by atoms with Crippen molar-refractivity contribution < 1.29 is 0 Å². The van der Waals surface area contributed by atoms with Gasteiger partial charge in [-0.1, -0.05) is 32.0 Å². The zero-order valence-corrected chi connectivity index (χ0v) is 11.9. The molecule has 2 unspecified atom stereocenters. The molecule has 1 heterocycles. The quantitative estimate of drug-likeness (QED) is 0.853. The van der Waals surface area contributed by atoms with Crippen molar-refractivity contribution >= 4 is 11.8 Å². The summed E-state index contributed by atoms with van der Waals surface area (Å²) in [7, 11) is 2.06. The van der Waals surface area contributed by atoms with E-state index in [2.05, 4.69) is 50.5 Å². The van der Waals surface area contributed by atoms with Crippen LogP contribution in [0.25, 0.3) is 0 Å². The molecule has 2 heteroatoms. The van der Waals surface area contributed by atoms with Gasteiger partial charge in [0.1, 0.15) is 0 Å². The Balaban J connectivity index is 2.05. The molecule has 1 aliphatic rings. The second-order valence-electron chi connectivity index (χ2n) is 5.34. The van der Waals surface area contributed by atoms with E-state index in [1.54, 1.807) is 5.56 Å². The molecule has 0 amide bonds. The van der Waals surface area contributed by atoms with E-state index < -0.39 is 0 Å². The lowest BCUT2D eigenvalue weighted by atomic mass is 9.84. The molecule has 1 aliphatic heterocycles. The van der Waals surface area contributed by atoms with Crippen molar-refractivity contribution in [2.24, 2.45) is 11.8 Å². The van der Waals surface area contributed by atoms with Crippen LogP contribution in [0.5, 0.6) is 0 Å². The van der Waals surface area contributed by atoms with Crippen LogP contribution < -0.4 is 5.32 Å². The van der Waals surface area contributed by atoms with Gasteiger partial charge in [-0.3, -0.25) is 0 Å². The summed E-state index contributed by atoms with van der Waals surface area (Å²) >= 11 is 2.03. The van der Waals surface area contributed by atoms with Gasteiger partial charge in [0.25, 0.3) is 0 Å². The monoisotopic (exact) mass is 249 g/mol. The Labute approximate surface area is 109 Å². The maximum atomic E-state index is 3.34.